The predicted octanol–water partition coefficient (Wildman–Crippen LogP) is 3.36. The summed E-state index contributed by atoms with van der Waals surface area (Å²) < 4.78 is 0. The maximum atomic E-state index is 11.8. The predicted molar refractivity (Wildman–Crippen MR) is 59.7 cm³/mol. The molecule has 0 unspecified atom stereocenters. The van der Waals surface area contributed by atoms with Gasteiger partial charge in [-0.3, -0.25) is 4.79 Å². The van der Waals surface area contributed by atoms with Crippen molar-refractivity contribution in [2.24, 2.45) is 5.92 Å². The molecule has 0 saturated heterocycles. The number of hydrogen-bond acceptors (Lipinski definition) is 2. The minimum absolute atomic E-state index is 0.371. The van der Waals surface area contributed by atoms with Crippen molar-refractivity contribution in [2.75, 3.05) is 0 Å². The molecule has 1 aromatic rings. The second kappa shape index (κ2) is 4.26. The van der Waals surface area contributed by atoms with Crippen LogP contribution in [0.5, 0.6) is 0 Å². The van der Waals surface area contributed by atoms with Gasteiger partial charge < -0.3 is 0 Å². The minimum Gasteiger partial charge on any atom is -0.299 e. The second-order valence-corrected chi connectivity index (χ2v) is 5.31. The molecule has 1 aromatic heterocycles. The molecule has 0 bridgehead atoms. The van der Waals surface area contributed by atoms with Crippen LogP contribution in [0.4, 0.5) is 0 Å². The first kappa shape index (κ1) is 9.91. The Morgan fingerprint density at radius 2 is 2.21 bits per heavy atom. The lowest BCUT2D eigenvalue weighted by Crippen LogP contribution is -2.12. The van der Waals surface area contributed by atoms with E-state index in [0.29, 0.717) is 18.1 Å². The Bertz CT molecular complexity index is 321. The van der Waals surface area contributed by atoms with Gasteiger partial charge in [-0.15, -0.1) is 11.3 Å². The molecule has 1 fully saturated rings. The number of thiophene rings is 1. The van der Waals surface area contributed by atoms with Gasteiger partial charge in [0.2, 0.25) is 0 Å². The largest absolute Gasteiger partial charge is 0.299 e. The second-order valence-electron chi connectivity index (χ2n) is 4.19. The van der Waals surface area contributed by atoms with Crippen LogP contribution < -0.4 is 0 Å². The average Bonchev–Trinajstić information content (AvgIpc) is 2.75. The maximum absolute atomic E-state index is 11.8. The maximum Gasteiger partial charge on any atom is 0.140 e. The molecular weight excluding hydrogens is 192 g/mol. The Kier molecular flexibility index (Phi) is 3.02. The molecule has 0 radical (unpaired) electrons. The Hall–Kier alpha value is -0.630. The van der Waals surface area contributed by atoms with E-state index in [-0.39, 0.29) is 0 Å². The summed E-state index contributed by atoms with van der Waals surface area (Å²) in [5.74, 6) is 0.829. The van der Waals surface area contributed by atoms with Crippen molar-refractivity contribution in [3.05, 3.63) is 21.9 Å². The van der Waals surface area contributed by atoms with Gasteiger partial charge in [0, 0.05) is 17.2 Å². The summed E-state index contributed by atoms with van der Waals surface area (Å²) in [5.41, 5.74) is 1.21. The molecule has 2 rings (SSSR count). The lowest BCUT2D eigenvalue weighted by molar-refractivity contribution is -0.122. The third-order valence-corrected chi connectivity index (χ3v) is 3.88. The van der Waals surface area contributed by atoms with Crippen molar-refractivity contribution in [1.82, 2.24) is 0 Å². The Morgan fingerprint density at radius 3 is 2.79 bits per heavy atom. The summed E-state index contributed by atoms with van der Waals surface area (Å²) in [7, 11) is 0. The molecule has 0 aromatic carbocycles. The van der Waals surface area contributed by atoms with Crippen molar-refractivity contribution in [2.45, 2.75) is 39.0 Å². The van der Waals surface area contributed by atoms with Crippen molar-refractivity contribution in [3.63, 3.8) is 0 Å². The topological polar surface area (TPSA) is 17.1 Å². The Balaban J connectivity index is 1.93. The summed E-state index contributed by atoms with van der Waals surface area (Å²) in [4.78, 5) is 13.1. The van der Waals surface area contributed by atoms with Crippen LogP contribution >= 0.6 is 11.3 Å². The fourth-order valence-corrected chi connectivity index (χ4v) is 2.89. The third kappa shape index (κ3) is 2.24. The lowest BCUT2D eigenvalue weighted by Gasteiger charge is -2.05. The summed E-state index contributed by atoms with van der Waals surface area (Å²) >= 11 is 1.74. The molecule has 0 spiro atoms. The van der Waals surface area contributed by atoms with Gasteiger partial charge in [0.15, 0.2) is 0 Å². The first-order valence-corrected chi connectivity index (χ1v) is 6.20. The molecule has 0 N–H and O–H groups in total. The first-order valence-electron chi connectivity index (χ1n) is 5.32. The first-order chi connectivity index (χ1) is 6.75. The van der Waals surface area contributed by atoms with Crippen LogP contribution in [0.15, 0.2) is 11.4 Å². The number of carbonyl (C=O) groups is 1. The molecule has 1 aliphatic carbocycles. The van der Waals surface area contributed by atoms with E-state index in [1.165, 1.54) is 23.3 Å². The molecule has 2 heteroatoms. The van der Waals surface area contributed by atoms with Gasteiger partial charge in [-0.05, 0) is 36.8 Å². The van der Waals surface area contributed by atoms with Crippen LogP contribution in [0.3, 0.4) is 0 Å². The van der Waals surface area contributed by atoms with Crippen LogP contribution in [0, 0.1) is 12.8 Å². The van der Waals surface area contributed by atoms with Gasteiger partial charge in [0.05, 0.1) is 0 Å². The number of carbonyl (C=O) groups excluding carboxylic acids is 1. The number of rotatable bonds is 3. The van der Waals surface area contributed by atoms with E-state index in [0.717, 1.165) is 12.8 Å². The molecule has 0 atom stereocenters. The van der Waals surface area contributed by atoms with E-state index in [1.54, 1.807) is 11.3 Å². The molecule has 76 valence electrons. The zero-order valence-electron chi connectivity index (χ0n) is 8.58. The smallest absolute Gasteiger partial charge is 0.140 e. The van der Waals surface area contributed by atoms with Gasteiger partial charge in [0.25, 0.3) is 0 Å². The van der Waals surface area contributed by atoms with E-state index in [2.05, 4.69) is 18.4 Å². The van der Waals surface area contributed by atoms with E-state index in [4.69, 9.17) is 0 Å². The van der Waals surface area contributed by atoms with E-state index in [1.807, 2.05) is 0 Å². The van der Waals surface area contributed by atoms with Gasteiger partial charge in [-0.25, -0.2) is 0 Å². The van der Waals surface area contributed by atoms with Crippen molar-refractivity contribution < 1.29 is 4.79 Å². The average molecular weight is 208 g/mol. The number of aryl methyl sites for hydroxylation is 1. The van der Waals surface area contributed by atoms with Gasteiger partial charge in [-0.2, -0.15) is 0 Å². The quantitative estimate of drug-likeness (QED) is 0.744. The fraction of sp³-hybridized carbons (Fsp3) is 0.583. The molecule has 1 nitrogen and oxygen atoms in total. The van der Waals surface area contributed by atoms with E-state index in [9.17, 15) is 4.79 Å². The normalized spacial score (nSPS) is 17.5. The van der Waals surface area contributed by atoms with Crippen molar-refractivity contribution >= 4 is 17.1 Å². The molecule has 1 saturated carbocycles. The monoisotopic (exact) mass is 208 g/mol. The zero-order valence-corrected chi connectivity index (χ0v) is 9.40. The zero-order chi connectivity index (χ0) is 9.97. The molecule has 0 aliphatic heterocycles. The summed E-state index contributed by atoms with van der Waals surface area (Å²) in [6.45, 7) is 2.09. The van der Waals surface area contributed by atoms with Crippen LogP contribution in [0.25, 0.3) is 0 Å². The Morgan fingerprint density at radius 1 is 1.50 bits per heavy atom. The highest BCUT2D eigenvalue weighted by molar-refractivity contribution is 7.10. The SMILES string of the molecule is Cc1cc(CC(=O)C2CCCC2)cs1. The third-order valence-electron chi connectivity index (χ3n) is 2.97. The highest BCUT2D eigenvalue weighted by Crippen LogP contribution is 2.27. The molecule has 14 heavy (non-hydrogen) atoms. The summed E-state index contributed by atoms with van der Waals surface area (Å²) in [6.07, 6.45) is 5.41. The van der Waals surface area contributed by atoms with Crippen LogP contribution in [0.1, 0.15) is 36.1 Å². The molecule has 1 aliphatic rings. The standard InChI is InChI=1S/C12H16OS/c1-9-6-10(8-14-9)7-12(13)11-4-2-3-5-11/h6,8,11H,2-5,7H2,1H3. The van der Waals surface area contributed by atoms with Crippen LogP contribution in [0.2, 0.25) is 0 Å². The fourth-order valence-electron chi connectivity index (χ4n) is 2.18. The summed E-state index contributed by atoms with van der Waals surface area (Å²) in [6, 6.07) is 2.14. The molecule has 1 heterocycles. The van der Waals surface area contributed by atoms with E-state index < -0.39 is 0 Å². The molecule has 0 amide bonds. The van der Waals surface area contributed by atoms with E-state index >= 15 is 0 Å². The minimum atomic E-state index is 0.371. The number of Topliss-reactive ketones (excluding diaryl/α,β-unsaturated/α-hetero) is 1. The van der Waals surface area contributed by atoms with Crippen LogP contribution in [-0.2, 0) is 11.2 Å². The van der Waals surface area contributed by atoms with Crippen molar-refractivity contribution in [3.8, 4) is 0 Å². The Labute approximate surface area is 89.1 Å². The summed E-state index contributed by atoms with van der Waals surface area (Å²) in [5, 5.41) is 2.11. The lowest BCUT2D eigenvalue weighted by atomic mass is 9.98. The highest BCUT2D eigenvalue weighted by atomic mass is 32.1. The van der Waals surface area contributed by atoms with Gasteiger partial charge in [-0.1, -0.05) is 12.8 Å². The number of ketones is 1. The number of hydrogen-bond donors (Lipinski definition) is 0. The molecular formula is C12H16OS. The van der Waals surface area contributed by atoms with Gasteiger partial charge >= 0.3 is 0 Å². The highest BCUT2D eigenvalue weighted by Gasteiger charge is 2.22. The van der Waals surface area contributed by atoms with Crippen molar-refractivity contribution in [1.29, 1.82) is 0 Å². The van der Waals surface area contributed by atoms with Crippen LogP contribution in [-0.4, -0.2) is 5.78 Å². The van der Waals surface area contributed by atoms with Gasteiger partial charge in [0.1, 0.15) is 5.78 Å².